The lowest BCUT2D eigenvalue weighted by Crippen LogP contribution is -2.48. The average molecular weight is 466 g/mol. The number of rotatable bonds is 7. The number of nitrogens with one attached hydrogen (secondary N) is 1. The van der Waals surface area contributed by atoms with Crippen molar-refractivity contribution in [2.24, 2.45) is 0 Å². The quantitative estimate of drug-likeness (QED) is 0.502. The summed E-state index contributed by atoms with van der Waals surface area (Å²) in [4.78, 5) is 17.3. The van der Waals surface area contributed by atoms with Crippen LogP contribution in [0.2, 0.25) is 5.02 Å². The van der Waals surface area contributed by atoms with Crippen LogP contribution in [-0.4, -0.2) is 50.8 Å². The Kier molecular flexibility index (Phi) is 7.70. The van der Waals surface area contributed by atoms with Crippen LogP contribution in [0.25, 0.3) is 0 Å². The second kappa shape index (κ2) is 11.1. The Bertz CT molecular complexity index is 1060. The number of carbonyl (C=O) groups excluding carboxylic acids is 1. The van der Waals surface area contributed by atoms with E-state index in [1.165, 1.54) is 0 Å². The standard InChI is InChI=1S/C26H28ClN3O3/c1-32-24-13-6-5-12-23(24)30-16-14-29(15-17-30)19-25(20-8-3-2-4-9-20)33-26(31)28-22-11-7-10-21(27)18-22/h2-13,18,25H,14-17,19H2,1H3,(H,28,31). The maximum atomic E-state index is 12.6. The number of hydrogen-bond acceptors (Lipinski definition) is 5. The summed E-state index contributed by atoms with van der Waals surface area (Å²) in [6.07, 6.45) is -0.887. The van der Waals surface area contributed by atoms with Gasteiger partial charge in [0.25, 0.3) is 0 Å². The number of para-hydroxylation sites is 2. The summed E-state index contributed by atoms with van der Waals surface area (Å²) in [6.45, 7) is 4.08. The molecule has 6 nitrogen and oxygen atoms in total. The monoisotopic (exact) mass is 465 g/mol. The first kappa shape index (κ1) is 23.0. The van der Waals surface area contributed by atoms with Crippen molar-refractivity contribution in [1.29, 1.82) is 0 Å². The molecule has 0 aliphatic carbocycles. The molecule has 3 aromatic carbocycles. The molecule has 0 aromatic heterocycles. The summed E-state index contributed by atoms with van der Waals surface area (Å²) in [6, 6.07) is 25.0. The predicted molar refractivity (Wildman–Crippen MR) is 132 cm³/mol. The van der Waals surface area contributed by atoms with E-state index in [0.29, 0.717) is 17.3 Å². The van der Waals surface area contributed by atoms with Crippen LogP contribution in [0.1, 0.15) is 11.7 Å². The van der Waals surface area contributed by atoms with E-state index >= 15 is 0 Å². The van der Waals surface area contributed by atoms with Gasteiger partial charge in [0.1, 0.15) is 11.9 Å². The molecule has 7 heteroatoms. The normalized spacial score (nSPS) is 15.0. The maximum absolute atomic E-state index is 12.6. The second-order valence-corrected chi connectivity index (χ2v) is 8.34. The van der Waals surface area contributed by atoms with Crippen molar-refractivity contribution in [2.45, 2.75) is 6.10 Å². The van der Waals surface area contributed by atoms with Crippen molar-refractivity contribution in [3.05, 3.63) is 89.4 Å². The van der Waals surface area contributed by atoms with E-state index < -0.39 is 6.09 Å². The van der Waals surface area contributed by atoms with Crippen molar-refractivity contribution < 1.29 is 14.3 Å². The van der Waals surface area contributed by atoms with Crippen LogP contribution in [-0.2, 0) is 4.74 Å². The molecule has 1 saturated heterocycles. The molecule has 172 valence electrons. The molecular formula is C26H28ClN3O3. The van der Waals surface area contributed by atoms with Crippen molar-refractivity contribution in [1.82, 2.24) is 4.90 Å². The molecule has 0 saturated carbocycles. The number of halogens is 1. The Morgan fingerprint density at radius 3 is 2.42 bits per heavy atom. The van der Waals surface area contributed by atoms with Crippen LogP contribution in [0.15, 0.2) is 78.9 Å². The second-order valence-electron chi connectivity index (χ2n) is 7.90. The fourth-order valence-electron chi connectivity index (χ4n) is 4.02. The van der Waals surface area contributed by atoms with Gasteiger partial charge in [-0.05, 0) is 35.9 Å². The average Bonchev–Trinajstić information content (AvgIpc) is 2.84. The van der Waals surface area contributed by atoms with Gasteiger partial charge in [-0.3, -0.25) is 10.2 Å². The van der Waals surface area contributed by atoms with Crippen molar-refractivity contribution >= 4 is 29.1 Å². The Morgan fingerprint density at radius 1 is 0.970 bits per heavy atom. The van der Waals surface area contributed by atoms with Crippen molar-refractivity contribution in [3.63, 3.8) is 0 Å². The van der Waals surface area contributed by atoms with Gasteiger partial charge in [-0.25, -0.2) is 4.79 Å². The van der Waals surface area contributed by atoms with Gasteiger partial charge in [0.15, 0.2) is 0 Å². The summed E-state index contributed by atoms with van der Waals surface area (Å²) in [5.74, 6) is 0.883. The zero-order chi connectivity index (χ0) is 23.0. The number of benzene rings is 3. The number of hydrogen-bond donors (Lipinski definition) is 1. The Hall–Kier alpha value is -3.22. The molecular weight excluding hydrogens is 438 g/mol. The van der Waals surface area contributed by atoms with Crippen molar-refractivity contribution in [2.75, 3.05) is 50.1 Å². The van der Waals surface area contributed by atoms with E-state index in [1.54, 1.807) is 31.4 Å². The van der Waals surface area contributed by atoms with Crippen molar-refractivity contribution in [3.8, 4) is 5.75 Å². The third-order valence-corrected chi connectivity index (χ3v) is 5.95. The van der Waals surface area contributed by atoms with Crippen LogP contribution in [0, 0.1) is 0 Å². The van der Waals surface area contributed by atoms with Gasteiger partial charge in [-0.1, -0.05) is 60.1 Å². The maximum Gasteiger partial charge on any atom is 0.412 e. The predicted octanol–water partition coefficient (Wildman–Crippen LogP) is 5.46. The molecule has 1 amide bonds. The number of methoxy groups -OCH3 is 1. The van der Waals surface area contributed by atoms with E-state index in [4.69, 9.17) is 21.1 Å². The zero-order valence-corrected chi connectivity index (χ0v) is 19.4. The van der Waals surface area contributed by atoms with Crippen LogP contribution < -0.4 is 15.0 Å². The van der Waals surface area contributed by atoms with Crippen LogP contribution in [0.5, 0.6) is 5.75 Å². The van der Waals surface area contributed by atoms with Gasteiger partial charge < -0.3 is 14.4 Å². The fraction of sp³-hybridized carbons (Fsp3) is 0.269. The molecule has 3 aromatic rings. The lowest BCUT2D eigenvalue weighted by Gasteiger charge is -2.37. The van der Waals surface area contributed by atoms with Gasteiger partial charge >= 0.3 is 6.09 Å². The molecule has 1 N–H and O–H groups in total. The highest BCUT2D eigenvalue weighted by atomic mass is 35.5. The molecule has 0 spiro atoms. The first-order valence-corrected chi connectivity index (χ1v) is 11.4. The topological polar surface area (TPSA) is 54.0 Å². The van der Waals surface area contributed by atoms with Gasteiger partial charge in [-0.2, -0.15) is 0 Å². The van der Waals surface area contributed by atoms with Gasteiger partial charge in [-0.15, -0.1) is 0 Å². The number of anilines is 2. The highest BCUT2D eigenvalue weighted by molar-refractivity contribution is 6.30. The lowest BCUT2D eigenvalue weighted by atomic mass is 10.1. The molecule has 1 aliphatic rings. The summed E-state index contributed by atoms with van der Waals surface area (Å²) in [7, 11) is 1.70. The fourth-order valence-corrected chi connectivity index (χ4v) is 4.21. The Labute approximate surface area is 199 Å². The number of ether oxygens (including phenoxy) is 2. The third kappa shape index (κ3) is 6.18. The zero-order valence-electron chi connectivity index (χ0n) is 18.6. The van der Waals surface area contributed by atoms with E-state index in [2.05, 4.69) is 21.2 Å². The highest BCUT2D eigenvalue weighted by Crippen LogP contribution is 2.29. The molecule has 33 heavy (non-hydrogen) atoms. The largest absolute Gasteiger partial charge is 0.495 e. The van der Waals surface area contributed by atoms with E-state index in [0.717, 1.165) is 43.2 Å². The molecule has 1 atom stereocenters. The van der Waals surface area contributed by atoms with Crippen LogP contribution in [0.3, 0.4) is 0 Å². The molecule has 1 unspecified atom stereocenters. The minimum absolute atomic E-state index is 0.386. The van der Waals surface area contributed by atoms with Crippen LogP contribution in [0.4, 0.5) is 16.2 Å². The molecule has 4 rings (SSSR count). The van der Waals surface area contributed by atoms with E-state index in [9.17, 15) is 4.79 Å². The number of piperazine rings is 1. The van der Waals surface area contributed by atoms with Gasteiger partial charge in [0.05, 0.1) is 12.8 Å². The third-order valence-electron chi connectivity index (χ3n) is 5.71. The van der Waals surface area contributed by atoms with E-state index in [1.807, 2.05) is 48.5 Å². The highest BCUT2D eigenvalue weighted by Gasteiger charge is 2.25. The summed E-state index contributed by atoms with van der Waals surface area (Å²) in [5, 5.41) is 3.33. The lowest BCUT2D eigenvalue weighted by molar-refractivity contribution is 0.0773. The summed E-state index contributed by atoms with van der Waals surface area (Å²) >= 11 is 6.02. The van der Waals surface area contributed by atoms with Gasteiger partial charge in [0.2, 0.25) is 0 Å². The molecule has 0 radical (unpaired) electrons. The summed E-state index contributed by atoms with van der Waals surface area (Å²) in [5.41, 5.74) is 2.67. The minimum atomic E-state index is -0.501. The molecule has 1 heterocycles. The number of carbonyl (C=O) groups is 1. The summed E-state index contributed by atoms with van der Waals surface area (Å²) < 4.78 is 11.4. The molecule has 1 fully saturated rings. The van der Waals surface area contributed by atoms with Crippen LogP contribution >= 0.6 is 11.6 Å². The first-order valence-electron chi connectivity index (χ1n) is 11.0. The number of nitrogens with zero attached hydrogens (tertiary/aromatic N) is 2. The smallest absolute Gasteiger partial charge is 0.412 e. The SMILES string of the molecule is COc1ccccc1N1CCN(CC(OC(=O)Nc2cccc(Cl)c2)c2ccccc2)CC1. The Balaban J connectivity index is 1.39. The first-order chi connectivity index (χ1) is 16.1. The van der Waals surface area contributed by atoms with Gasteiger partial charge in [0, 0.05) is 43.4 Å². The minimum Gasteiger partial charge on any atom is -0.495 e. The molecule has 0 bridgehead atoms. The molecule has 1 aliphatic heterocycles. The number of amides is 1. The Morgan fingerprint density at radius 2 is 1.70 bits per heavy atom. The van der Waals surface area contributed by atoms with E-state index in [-0.39, 0.29) is 6.10 Å².